The van der Waals surface area contributed by atoms with E-state index in [1.54, 1.807) is 0 Å². The third kappa shape index (κ3) is 12.2. The van der Waals surface area contributed by atoms with Gasteiger partial charge in [0, 0.05) is 23.0 Å². The molecule has 0 heterocycles. The summed E-state index contributed by atoms with van der Waals surface area (Å²) >= 11 is 2.88. The van der Waals surface area contributed by atoms with E-state index in [9.17, 15) is 9.90 Å². The van der Waals surface area contributed by atoms with Crippen molar-refractivity contribution in [2.24, 2.45) is 16.6 Å². The minimum absolute atomic E-state index is 0.0521. The Labute approximate surface area is 145 Å². The van der Waals surface area contributed by atoms with Crippen molar-refractivity contribution >= 4 is 35.2 Å². The van der Waals surface area contributed by atoms with Crippen molar-refractivity contribution in [1.82, 2.24) is 0 Å². The lowest BCUT2D eigenvalue weighted by Gasteiger charge is -2.17. The second-order valence-corrected chi connectivity index (χ2v) is 7.99. The van der Waals surface area contributed by atoms with Crippen LogP contribution in [0, 0.1) is 0 Å². The maximum absolute atomic E-state index is 10.7. The average Bonchev–Trinajstić information content (AvgIpc) is 2.42. The summed E-state index contributed by atoms with van der Waals surface area (Å²) in [4.78, 5) is 16.1. The standard InChI is InChI=1S/C14H27N3O4S2/c1-9(18)11(15)7-22-5-10(17-21-14(2,3)4)6-23-8-12(16)13(19)20/h11-12,18H,1,5-8,15-16H2,2-4H3,(H,19,20)/b17-10+. The van der Waals surface area contributed by atoms with E-state index in [1.165, 1.54) is 23.5 Å². The number of hydrogen-bond acceptors (Lipinski definition) is 8. The first-order valence-corrected chi connectivity index (χ1v) is 9.35. The highest BCUT2D eigenvalue weighted by Crippen LogP contribution is 2.13. The Bertz CT molecular complexity index is 397. The van der Waals surface area contributed by atoms with E-state index in [2.05, 4.69) is 11.7 Å². The van der Waals surface area contributed by atoms with Gasteiger partial charge >= 0.3 is 5.97 Å². The summed E-state index contributed by atoms with van der Waals surface area (Å²) in [5.74, 6) is 0.795. The molecule has 0 saturated heterocycles. The van der Waals surface area contributed by atoms with E-state index in [4.69, 9.17) is 21.4 Å². The fourth-order valence-corrected chi connectivity index (χ4v) is 3.06. The Kier molecular flexibility index (Phi) is 10.4. The van der Waals surface area contributed by atoms with Gasteiger partial charge in [0.1, 0.15) is 17.4 Å². The maximum atomic E-state index is 10.7. The van der Waals surface area contributed by atoms with Gasteiger partial charge in [-0.1, -0.05) is 11.7 Å². The van der Waals surface area contributed by atoms with E-state index >= 15 is 0 Å². The topological polar surface area (TPSA) is 131 Å². The zero-order valence-corrected chi connectivity index (χ0v) is 15.5. The number of carboxylic acids is 1. The minimum atomic E-state index is -1.02. The van der Waals surface area contributed by atoms with Gasteiger partial charge in [-0.05, 0) is 20.8 Å². The SMILES string of the molecule is C=C(O)C(N)CSC/C(CSCC(N)C(=O)O)=N\OC(C)(C)C. The van der Waals surface area contributed by atoms with Gasteiger partial charge in [-0.15, -0.1) is 0 Å². The van der Waals surface area contributed by atoms with E-state index in [1.807, 2.05) is 20.8 Å². The Morgan fingerprint density at radius 3 is 2.04 bits per heavy atom. The fourth-order valence-electron chi connectivity index (χ4n) is 1.07. The summed E-state index contributed by atoms with van der Waals surface area (Å²) in [6, 6.07) is -1.39. The Morgan fingerprint density at radius 1 is 1.17 bits per heavy atom. The number of carbonyl (C=O) groups is 1. The molecule has 0 aromatic carbocycles. The second-order valence-electron chi connectivity index (χ2n) is 5.93. The molecule has 2 atom stereocenters. The number of aliphatic carboxylic acids is 1. The van der Waals surface area contributed by atoms with Crippen molar-refractivity contribution in [3.63, 3.8) is 0 Å². The zero-order chi connectivity index (χ0) is 18.0. The molecule has 0 aliphatic rings. The monoisotopic (exact) mass is 365 g/mol. The molecule has 0 aromatic rings. The van der Waals surface area contributed by atoms with Crippen molar-refractivity contribution in [2.75, 3.05) is 23.0 Å². The van der Waals surface area contributed by atoms with Gasteiger partial charge in [0.15, 0.2) is 0 Å². The summed E-state index contributed by atoms with van der Waals surface area (Å²) in [6.45, 7) is 9.06. The molecule has 6 N–H and O–H groups in total. The van der Waals surface area contributed by atoms with Crippen LogP contribution in [-0.2, 0) is 9.63 Å². The first kappa shape index (κ1) is 22.1. The van der Waals surface area contributed by atoms with Crippen LogP contribution >= 0.6 is 23.5 Å². The third-order valence-electron chi connectivity index (χ3n) is 2.33. The van der Waals surface area contributed by atoms with Gasteiger partial charge in [-0.25, -0.2) is 0 Å². The molecule has 0 fully saturated rings. The van der Waals surface area contributed by atoms with Crippen LogP contribution in [0.25, 0.3) is 0 Å². The summed E-state index contributed by atoms with van der Waals surface area (Å²) in [5, 5.41) is 22.1. The summed E-state index contributed by atoms with van der Waals surface area (Å²) in [5.41, 5.74) is 11.5. The number of aliphatic hydroxyl groups is 1. The number of nitrogens with zero attached hydrogens (tertiary/aromatic N) is 1. The molecular formula is C14H27N3O4S2. The number of nitrogens with two attached hydrogens (primary N) is 2. The van der Waals surface area contributed by atoms with Crippen LogP contribution in [0.15, 0.2) is 17.5 Å². The summed E-state index contributed by atoms with van der Waals surface area (Å²) in [7, 11) is 0. The molecule has 0 aromatic heterocycles. The molecule has 0 saturated carbocycles. The molecular weight excluding hydrogens is 338 g/mol. The van der Waals surface area contributed by atoms with Crippen LogP contribution in [-0.4, -0.2) is 62.6 Å². The molecule has 0 spiro atoms. The first-order valence-electron chi connectivity index (χ1n) is 7.04. The van der Waals surface area contributed by atoms with Crippen molar-refractivity contribution in [3.8, 4) is 0 Å². The van der Waals surface area contributed by atoms with Crippen molar-refractivity contribution in [3.05, 3.63) is 12.3 Å². The highest BCUT2D eigenvalue weighted by atomic mass is 32.2. The third-order valence-corrected chi connectivity index (χ3v) is 4.59. The Morgan fingerprint density at radius 2 is 1.65 bits per heavy atom. The van der Waals surface area contributed by atoms with E-state index < -0.39 is 23.7 Å². The predicted molar refractivity (Wildman–Crippen MR) is 98.3 cm³/mol. The highest BCUT2D eigenvalue weighted by Gasteiger charge is 2.15. The van der Waals surface area contributed by atoms with Crippen LogP contribution in [0.4, 0.5) is 0 Å². The normalized spacial score (nSPS) is 15.1. The number of rotatable bonds is 11. The van der Waals surface area contributed by atoms with Crippen LogP contribution in [0.5, 0.6) is 0 Å². The molecule has 7 nitrogen and oxygen atoms in total. The molecule has 0 aliphatic heterocycles. The van der Waals surface area contributed by atoms with Gasteiger partial charge in [-0.2, -0.15) is 23.5 Å². The number of thioether (sulfide) groups is 2. The maximum Gasteiger partial charge on any atom is 0.321 e. The smallest absolute Gasteiger partial charge is 0.321 e. The molecule has 2 unspecified atom stereocenters. The lowest BCUT2D eigenvalue weighted by Crippen LogP contribution is -2.33. The summed E-state index contributed by atoms with van der Waals surface area (Å²) in [6.07, 6.45) is 0. The summed E-state index contributed by atoms with van der Waals surface area (Å²) < 4.78 is 0. The molecule has 134 valence electrons. The van der Waals surface area contributed by atoms with E-state index in [0.29, 0.717) is 23.0 Å². The molecule has 0 aliphatic carbocycles. The van der Waals surface area contributed by atoms with Gasteiger partial charge < -0.3 is 26.5 Å². The van der Waals surface area contributed by atoms with E-state index in [-0.39, 0.29) is 5.76 Å². The fraction of sp³-hybridized carbons (Fsp3) is 0.714. The predicted octanol–water partition coefficient (Wildman–Crippen LogP) is 1.43. The molecule has 23 heavy (non-hydrogen) atoms. The molecule has 9 heteroatoms. The number of hydrogen-bond donors (Lipinski definition) is 4. The lowest BCUT2D eigenvalue weighted by atomic mass is 10.2. The lowest BCUT2D eigenvalue weighted by molar-refractivity contribution is -0.137. The van der Waals surface area contributed by atoms with Gasteiger partial charge in [0.25, 0.3) is 0 Å². The largest absolute Gasteiger partial charge is 0.511 e. The van der Waals surface area contributed by atoms with Crippen LogP contribution < -0.4 is 11.5 Å². The van der Waals surface area contributed by atoms with Gasteiger partial charge in [-0.3, -0.25) is 4.79 Å². The molecule has 0 rings (SSSR count). The molecule has 0 bridgehead atoms. The van der Waals surface area contributed by atoms with Gasteiger partial charge in [0.05, 0.1) is 11.8 Å². The number of aliphatic hydroxyl groups excluding tert-OH is 1. The van der Waals surface area contributed by atoms with Crippen LogP contribution in [0.2, 0.25) is 0 Å². The second kappa shape index (κ2) is 10.8. The average molecular weight is 366 g/mol. The van der Waals surface area contributed by atoms with Crippen molar-refractivity contribution < 1.29 is 19.8 Å². The zero-order valence-electron chi connectivity index (χ0n) is 13.8. The highest BCUT2D eigenvalue weighted by molar-refractivity contribution is 8.01. The molecule has 0 radical (unpaired) electrons. The van der Waals surface area contributed by atoms with Gasteiger partial charge in [0.2, 0.25) is 0 Å². The van der Waals surface area contributed by atoms with Crippen LogP contribution in [0.3, 0.4) is 0 Å². The minimum Gasteiger partial charge on any atom is -0.511 e. The van der Waals surface area contributed by atoms with Crippen molar-refractivity contribution in [2.45, 2.75) is 38.5 Å². The molecule has 0 amide bonds. The Hall–Kier alpha value is -0.900. The first-order chi connectivity index (χ1) is 10.5. The van der Waals surface area contributed by atoms with Crippen LogP contribution in [0.1, 0.15) is 20.8 Å². The quantitative estimate of drug-likeness (QED) is 0.246. The number of carboxylic acid groups (broad SMARTS) is 1. The van der Waals surface area contributed by atoms with Crippen molar-refractivity contribution in [1.29, 1.82) is 0 Å². The van der Waals surface area contributed by atoms with E-state index in [0.717, 1.165) is 5.71 Å². The Balaban J connectivity index is 4.45. The number of oxime groups is 1.